The molecule has 20 heavy (non-hydrogen) atoms. The van der Waals surface area contributed by atoms with Crippen LogP contribution < -0.4 is 10.6 Å². The monoisotopic (exact) mass is 338 g/mol. The van der Waals surface area contributed by atoms with Crippen molar-refractivity contribution in [2.45, 2.75) is 39.7 Å². The van der Waals surface area contributed by atoms with Crippen LogP contribution in [0.25, 0.3) is 0 Å². The molecule has 3 nitrogen and oxygen atoms in total. The van der Waals surface area contributed by atoms with E-state index in [0.717, 1.165) is 22.1 Å². The number of piperidine rings is 1. The van der Waals surface area contributed by atoms with E-state index in [1.165, 1.54) is 12.8 Å². The van der Waals surface area contributed by atoms with Crippen LogP contribution >= 0.6 is 15.9 Å². The van der Waals surface area contributed by atoms with Gasteiger partial charge in [-0.25, -0.2) is 0 Å². The number of nitrogens with one attached hydrogen (secondary N) is 2. The molecule has 1 aromatic carbocycles. The molecule has 0 spiro atoms. The summed E-state index contributed by atoms with van der Waals surface area (Å²) in [6.45, 7) is 8.22. The highest BCUT2D eigenvalue weighted by atomic mass is 79.9. The van der Waals surface area contributed by atoms with Crippen molar-refractivity contribution in [1.82, 2.24) is 10.6 Å². The number of hydrogen-bond donors (Lipinski definition) is 2. The SMILES string of the molecule is Cc1cc(Br)ccc1C(=O)NCC1NCCCC1(C)C. The number of rotatable bonds is 3. The van der Waals surface area contributed by atoms with Gasteiger partial charge >= 0.3 is 0 Å². The lowest BCUT2D eigenvalue weighted by Crippen LogP contribution is -2.52. The highest BCUT2D eigenvalue weighted by molar-refractivity contribution is 9.10. The van der Waals surface area contributed by atoms with Crippen molar-refractivity contribution in [3.05, 3.63) is 33.8 Å². The highest BCUT2D eigenvalue weighted by Gasteiger charge is 2.32. The number of carbonyl (C=O) groups is 1. The van der Waals surface area contributed by atoms with Crippen LogP contribution in [0, 0.1) is 12.3 Å². The molecule has 1 aliphatic rings. The predicted molar refractivity (Wildman–Crippen MR) is 86.0 cm³/mol. The number of benzene rings is 1. The largest absolute Gasteiger partial charge is 0.350 e. The molecule has 0 aromatic heterocycles. The van der Waals surface area contributed by atoms with Crippen LogP contribution in [0.2, 0.25) is 0 Å². The Bertz CT molecular complexity index is 499. The van der Waals surface area contributed by atoms with Crippen molar-refractivity contribution in [2.24, 2.45) is 5.41 Å². The molecule has 1 unspecified atom stereocenters. The van der Waals surface area contributed by atoms with Gasteiger partial charge in [0.25, 0.3) is 5.91 Å². The number of aryl methyl sites for hydroxylation is 1. The van der Waals surface area contributed by atoms with Crippen LogP contribution in [0.5, 0.6) is 0 Å². The molecule has 0 bridgehead atoms. The maximum absolute atomic E-state index is 12.3. The first-order chi connectivity index (χ1) is 9.40. The number of carbonyl (C=O) groups excluding carboxylic acids is 1. The first-order valence-corrected chi connectivity index (χ1v) is 7.97. The van der Waals surface area contributed by atoms with E-state index >= 15 is 0 Å². The lowest BCUT2D eigenvalue weighted by molar-refractivity contribution is 0.0928. The minimum absolute atomic E-state index is 0.0122. The second kappa shape index (κ2) is 6.27. The summed E-state index contributed by atoms with van der Waals surface area (Å²) in [4.78, 5) is 12.3. The van der Waals surface area contributed by atoms with Gasteiger partial charge in [0.05, 0.1) is 0 Å². The van der Waals surface area contributed by atoms with Crippen molar-refractivity contribution in [1.29, 1.82) is 0 Å². The average molecular weight is 339 g/mol. The fraction of sp³-hybridized carbons (Fsp3) is 0.562. The van der Waals surface area contributed by atoms with Crippen LogP contribution in [-0.2, 0) is 0 Å². The van der Waals surface area contributed by atoms with Gasteiger partial charge < -0.3 is 10.6 Å². The summed E-state index contributed by atoms with van der Waals surface area (Å²) >= 11 is 3.42. The summed E-state index contributed by atoms with van der Waals surface area (Å²) in [6, 6.07) is 6.09. The van der Waals surface area contributed by atoms with Crippen LogP contribution in [-0.4, -0.2) is 25.0 Å². The molecule has 1 atom stereocenters. The molecule has 0 aliphatic carbocycles. The van der Waals surface area contributed by atoms with E-state index in [9.17, 15) is 4.79 Å². The fourth-order valence-electron chi connectivity index (χ4n) is 2.79. The highest BCUT2D eigenvalue weighted by Crippen LogP contribution is 2.29. The predicted octanol–water partition coefficient (Wildman–Crippen LogP) is 3.27. The molecule has 2 rings (SSSR count). The molecule has 2 N–H and O–H groups in total. The van der Waals surface area contributed by atoms with Gasteiger partial charge in [-0.05, 0) is 55.5 Å². The number of amides is 1. The second-order valence-electron chi connectivity index (χ2n) is 6.27. The lowest BCUT2D eigenvalue weighted by atomic mass is 9.77. The summed E-state index contributed by atoms with van der Waals surface area (Å²) in [5.41, 5.74) is 1.98. The van der Waals surface area contributed by atoms with Crippen LogP contribution in [0.15, 0.2) is 22.7 Å². The third-order valence-electron chi connectivity index (χ3n) is 4.23. The Morgan fingerprint density at radius 3 is 2.90 bits per heavy atom. The minimum atomic E-state index is 0.0122. The third kappa shape index (κ3) is 3.61. The van der Waals surface area contributed by atoms with Crippen LogP contribution in [0.4, 0.5) is 0 Å². The second-order valence-corrected chi connectivity index (χ2v) is 7.18. The normalized spacial score (nSPS) is 21.5. The van der Waals surface area contributed by atoms with Crippen molar-refractivity contribution in [2.75, 3.05) is 13.1 Å². The van der Waals surface area contributed by atoms with E-state index < -0.39 is 0 Å². The van der Waals surface area contributed by atoms with E-state index in [4.69, 9.17) is 0 Å². The molecule has 110 valence electrons. The average Bonchev–Trinajstić information content (AvgIpc) is 2.36. The topological polar surface area (TPSA) is 41.1 Å². The first kappa shape index (κ1) is 15.5. The molecule has 1 amide bonds. The van der Waals surface area contributed by atoms with Gasteiger partial charge in [0.15, 0.2) is 0 Å². The maximum atomic E-state index is 12.3. The molecular formula is C16H23BrN2O. The van der Waals surface area contributed by atoms with E-state index in [0.29, 0.717) is 12.6 Å². The lowest BCUT2D eigenvalue weighted by Gasteiger charge is -2.39. The maximum Gasteiger partial charge on any atom is 0.251 e. The van der Waals surface area contributed by atoms with Crippen molar-refractivity contribution in [3.8, 4) is 0 Å². The smallest absolute Gasteiger partial charge is 0.251 e. The fourth-order valence-corrected chi connectivity index (χ4v) is 3.27. The van der Waals surface area contributed by atoms with Gasteiger partial charge in [-0.2, -0.15) is 0 Å². The summed E-state index contributed by atoms with van der Waals surface area (Å²) in [6.07, 6.45) is 2.42. The zero-order chi connectivity index (χ0) is 14.8. The Labute approximate surface area is 129 Å². The molecule has 1 heterocycles. The molecule has 0 radical (unpaired) electrons. The van der Waals surface area contributed by atoms with Crippen molar-refractivity contribution in [3.63, 3.8) is 0 Å². The van der Waals surface area contributed by atoms with Crippen molar-refractivity contribution >= 4 is 21.8 Å². The first-order valence-electron chi connectivity index (χ1n) is 7.18. The van der Waals surface area contributed by atoms with Crippen LogP contribution in [0.1, 0.15) is 42.6 Å². The third-order valence-corrected chi connectivity index (χ3v) is 4.73. The van der Waals surface area contributed by atoms with Gasteiger partial charge in [0.1, 0.15) is 0 Å². The van der Waals surface area contributed by atoms with Gasteiger partial charge in [-0.1, -0.05) is 29.8 Å². The minimum Gasteiger partial charge on any atom is -0.350 e. The summed E-state index contributed by atoms with van der Waals surface area (Å²) in [5.74, 6) is 0.0122. The van der Waals surface area contributed by atoms with E-state index in [1.54, 1.807) is 0 Å². The summed E-state index contributed by atoms with van der Waals surface area (Å²) in [7, 11) is 0. The van der Waals surface area contributed by atoms with Gasteiger partial charge in [-0.3, -0.25) is 4.79 Å². The summed E-state index contributed by atoms with van der Waals surface area (Å²) < 4.78 is 1.00. The standard InChI is InChI=1S/C16H23BrN2O/c1-11-9-12(17)5-6-13(11)15(20)19-10-14-16(2,3)7-4-8-18-14/h5-6,9,14,18H,4,7-8,10H2,1-3H3,(H,19,20). The van der Waals surface area contributed by atoms with E-state index in [1.807, 2.05) is 25.1 Å². The molecule has 1 saturated heterocycles. The molecule has 1 aliphatic heterocycles. The molecule has 1 aromatic rings. The number of halogens is 1. The Morgan fingerprint density at radius 2 is 2.25 bits per heavy atom. The van der Waals surface area contributed by atoms with E-state index in [-0.39, 0.29) is 11.3 Å². The molecule has 0 saturated carbocycles. The zero-order valence-electron chi connectivity index (χ0n) is 12.4. The Hall–Kier alpha value is -0.870. The van der Waals surface area contributed by atoms with Gasteiger partial charge in [0, 0.05) is 22.6 Å². The molecular weight excluding hydrogens is 316 g/mol. The Balaban J connectivity index is 1.98. The van der Waals surface area contributed by atoms with Crippen molar-refractivity contribution < 1.29 is 4.79 Å². The molecule has 1 fully saturated rings. The molecule has 4 heteroatoms. The summed E-state index contributed by atoms with van der Waals surface area (Å²) in [5, 5.41) is 6.59. The van der Waals surface area contributed by atoms with Gasteiger partial charge in [-0.15, -0.1) is 0 Å². The number of hydrogen-bond acceptors (Lipinski definition) is 2. The van der Waals surface area contributed by atoms with E-state index in [2.05, 4.69) is 40.4 Å². The Morgan fingerprint density at radius 1 is 1.50 bits per heavy atom. The quantitative estimate of drug-likeness (QED) is 0.887. The zero-order valence-corrected chi connectivity index (χ0v) is 14.0. The van der Waals surface area contributed by atoms with Gasteiger partial charge in [0.2, 0.25) is 0 Å². The Kier molecular flexibility index (Phi) is 4.86. The van der Waals surface area contributed by atoms with Crippen LogP contribution in [0.3, 0.4) is 0 Å².